The number of anilines is 1. The second-order valence-electron chi connectivity index (χ2n) is 4.96. The number of rotatable bonds is 4. The summed E-state index contributed by atoms with van der Waals surface area (Å²) in [6, 6.07) is 3.77. The van der Waals surface area contributed by atoms with Crippen LogP contribution in [0.4, 0.5) is 5.69 Å². The molecule has 7 nitrogen and oxygen atoms in total. The Labute approximate surface area is 111 Å². The molecule has 4 N–H and O–H groups in total. The SMILES string of the molecule is CC(C)(C)NS(=O)(=O)Nc1cccc(C(=O)O)c1O. The topological polar surface area (TPSA) is 116 Å². The van der Waals surface area contributed by atoms with E-state index in [-0.39, 0.29) is 11.3 Å². The number of nitrogens with one attached hydrogen (secondary N) is 2. The molecule has 1 aromatic carbocycles. The molecule has 0 aliphatic heterocycles. The van der Waals surface area contributed by atoms with Crippen LogP contribution in [0.15, 0.2) is 18.2 Å². The van der Waals surface area contributed by atoms with Crippen molar-refractivity contribution < 1.29 is 23.4 Å². The van der Waals surface area contributed by atoms with Crippen molar-refractivity contribution in [3.05, 3.63) is 23.8 Å². The number of hydrogen-bond donors (Lipinski definition) is 4. The molecule has 0 bridgehead atoms. The lowest BCUT2D eigenvalue weighted by atomic mass is 10.1. The average Bonchev–Trinajstić information content (AvgIpc) is 2.16. The second-order valence-corrected chi connectivity index (χ2v) is 6.38. The highest BCUT2D eigenvalue weighted by molar-refractivity contribution is 7.90. The van der Waals surface area contributed by atoms with Gasteiger partial charge in [-0.25, -0.2) is 4.79 Å². The number of phenols is 1. The maximum absolute atomic E-state index is 11.8. The third kappa shape index (κ3) is 4.42. The van der Waals surface area contributed by atoms with E-state index in [0.717, 1.165) is 0 Å². The number of carboxylic acid groups (broad SMARTS) is 1. The zero-order valence-corrected chi connectivity index (χ0v) is 11.6. The first-order valence-corrected chi connectivity index (χ1v) is 6.87. The highest BCUT2D eigenvalue weighted by Gasteiger charge is 2.22. The summed E-state index contributed by atoms with van der Waals surface area (Å²) < 4.78 is 27.9. The van der Waals surface area contributed by atoms with Crippen molar-refractivity contribution in [2.75, 3.05) is 4.72 Å². The van der Waals surface area contributed by atoms with Crippen molar-refractivity contribution in [1.29, 1.82) is 0 Å². The lowest BCUT2D eigenvalue weighted by molar-refractivity contribution is 0.0694. The van der Waals surface area contributed by atoms with Crippen LogP contribution in [0.2, 0.25) is 0 Å². The molecule has 0 aliphatic rings. The average molecular weight is 288 g/mol. The Hall–Kier alpha value is -1.80. The van der Waals surface area contributed by atoms with E-state index < -0.39 is 27.5 Å². The van der Waals surface area contributed by atoms with Crippen molar-refractivity contribution in [3.63, 3.8) is 0 Å². The molecule has 0 amide bonds. The zero-order chi connectivity index (χ0) is 14.8. The van der Waals surface area contributed by atoms with Crippen LogP contribution in [0.1, 0.15) is 31.1 Å². The minimum absolute atomic E-state index is 0.198. The number of para-hydroxylation sites is 1. The summed E-state index contributed by atoms with van der Waals surface area (Å²) in [6.07, 6.45) is 0. The third-order valence-corrected chi connectivity index (χ3v) is 3.32. The van der Waals surface area contributed by atoms with Gasteiger partial charge in [-0.3, -0.25) is 4.72 Å². The Morgan fingerprint density at radius 3 is 2.32 bits per heavy atom. The van der Waals surface area contributed by atoms with Gasteiger partial charge < -0.3 is 10.2 Å². The van der Waals surface area contributed by atoms with Gasteiger partial charge in [-0.15, -0.1) is 0 Å². The number of aromatic hydroxyl groups is 1. The van der Waals surface area contributed by atoms with Crippen LogP contribution >= 0.6 is 0 Å². The molecule has 0 aliphatic carbocycles. The summed E-state index contributed by atoms with van der Waals surface area (Å²) in [5.41, 5.74) is -1.28. The van der Waals surface area contributed by atoms with E-state index in [1.165, 1.54) is 18.2 Å². The normalized spacial score (nSPS) is 12.2. The molecule has 0 saturated heterocycles. The lowest BCUT2D eigenvalue weighted by Gasteiger charge is -2.21. The molecule has 0 spiro atoms. The first-order valence-electron chi connectivity index (χ1n) is 5.39. The van der Waals surface area contributed by atoms with Gasteiger partial charge in [-0.05, 0) is 32.9 Å². The number of benzene rings is 1. The van der Waals surface area contributed by atoms with E-state index in [1.54, 1.807) is 20.8 Å². The Bertz CT molecular complexity index is 590. The summed E-state index contributed by atoms with van der Waals surface area (Å²) in [5, 5.41) is 18.5. The minimum Gasteiger partial charge on any atom is -0.505 e. The Kier molecular flexibility index (Phi) is 4.06. The number of carbonyl (C=O) groups is 1. The first kappa shape index (κ1) is 15.3. The molecule has 0 heterocycles. The van der Waals surface area contributed by atoms with Crippen molar-refractivity contribution in [2.45, 2.75) is 26.3 Å². The molecular weight excluding hydrogens is 272 g/mol. The van der Waals surface area contributed by atoms with Crippen LogP contribution in [-0.2, 0) is 10.2 Å². The van der Waals surface area contributed by atoms with Crippen molar-refractivity contribution >= 4 is 21.9 Å². The zero-order valence-electron chi connectivity index (χ0n) is 10.8. The van der Waals surface area contributed by atoms with Crippen LogP contribution in [0.25, 0.3) is 0 Å². The van der Waals surface area contributed by atoms with Crippen molar-refractivity contribution in [2.24, 2.45) is 0 Å². The van der Waals surface area contributed by atoms with Crippen LogP contribution in [-0.4, -0.2) is 30.1 Å². The van der Waals surface area contributed by atoms with Gasteiger partial charge in [0.05, 0.1) is 5.69 Å². The molecule has 8 heteroatoms. The lowest BCUT2D eigenvalue weighted by Crippen LogP contribution is -2.43. The molecule has 0 radical (unpaired) electrons. The van der Waals surface area contributed by atoms with Gasteiger partial charge in [0.15, 0.2) is 5.75 Å². The van der Waals surface area contributed by atoms with Crippen LogP contribution in [0.3, 0.4) is 0 Å². The van der Waals surface area contributed by atoms with Gasteiger partial charge >= 0.3 is 5.97 Å². The molecule has 106 valence electrons. The van der Waals surface area contributed by atoms with Gasteiger partial charge in [0.2, 0.25) is 0 Å². The Morgan fingerprint density at radius 1 is 1.26 bits per heavy atom. The summed E-state index contributed by atoms with van der Waals surface area (Å²) in [6.45, 7) is 4.96. The molecule has 0 aromatic heterocycles. The second kappa shape index (κ2) is 5.06. The van der Waals surface area contributed by atoms with E-state index in [0.29, 0.717) is 0 Å². The van der Waals surface area contributed by atoms with E-state index >= 15 is 0 Å². The monoisotopic (exact) mass is 288 g/mol. The van der Waals surface area contributed by atoms with E-state index in [1.807, 2.05) is 0 Å². The molecule has 19 heavy (non-hydrogen) atoms. The van der Waals surface area contributed by atoms with Gasteiger partial charge in [-0.1, -0.05) is 6.07 Å². The fourth-order valence-electron chi connectivity index (χ4n) is 1.37. The summed E-state index contributed by atoms with van der Waals surface area (Å²) in [4.78, 5) is 10.8. The Balaban J connectivity index is 3.07. The summed E-state index contributed by atoms with van der Waals surface area (Å²) in [5.74, 6) is -1.98. The van der Waals surface area contributed by atoms with Crippen LogP contribution in [0.5, 0.6) is 5.75 Å². The maximum Gasteiger partial charge on any atom is 0.339 e. The molecule has 0 unspecified atom stereocenters. The Morgan fingerprint density at radius 2 is 1.84 bits per heavy atom. The number of carboxylic acids is 1. The highest BCUT2D eigenvalue weighted by atomic mass is 32.2. The maximum atomic E-state index is 11.8. The molecule has 0 atom stereocenters. The smallest absolute Gasteiger partial charge is 0.339 e. The largest absolute Gasteiger partial charge is 0.505 e. The summed E-state index contributed by atoms with van der Waals surface area (Å²) >= 11 is 0. The number of aromatic carboxylic acids is 1. The van der Waals surface area contributed by atoms with E-state index in [4.69, 9.17) is 5.11 Å². The van der Waals surface area contributed by atoms with Gasteiger partial charge in [-0.2, -0.15) is 13.1 Å². The van der Waals surface area contributed by atoms with Gasteiger partial charge in [0, 0.05) is 5.54 Å². The fourth-order valence-corrected chi connectivity index (χ4v) is 2.68. The first-order chi connectivity index (χ1) is 8.52. The predicted molar refractivity (Wildman–Crippen MR) is 70.5 cm³/mol. The highest BCUT2D eigenvalue weighted by Crippen LogP contribution is 2.28. The molecular formula is C11H16N2O5S. The molecule has 1 aromatic rings. The molecule has 1 rings (SSSR count). The standard InChI is InChI=1S/C11H16N2O5S/c1-11(2,3)13-19(17,18)12-8-6-4-5-7(9(8)14)10(15)16/h4-6,12-14H,1-3H3,(H,15,16). The third-order valence-electron chi connectivity index (χ3n) is 1.95. The molecule has 0 saturated carbocycles. The van der Waals surface area contributed by atoms with Gasteiger partial charge in [0.1, 0.15) is 5.56 Å². The van der Waals surface area contributed by atoms with E-state index in [2.05, 4.69) is 9.44 Å². The van der Waals surface area contributed by atoms with Gasteiger partial charge in [0.25, 0.3) is 10.2 Å². The van der Waals surface area contributed by atoms with E-state index in [9.17, 15) is 18.3 Å². The van der Waals surface area contributed by atoms with Crippen molar-refractivity contribution in [1.82, 2.24) is 4.72 Å². The quantitative estimate of drug-likeness (QED) is 0.620. The number of hydrogen-bond acceptors (Lipinski definition) is 4. The van der Waals surface area contributed by atoms with Crippen molar-refractivity contribution in [3.8, 4) is 5.75 Å². The van der Waals surface area contributed by atoms with Crippen LogP contribution < -0.4 is 9.44 Å². The fraction of sp³-hybridized carbons (Fsp3) is 0.364. The van der Waals surface area contributed by atoms with Crippen LogP contribution in [0, 0.1) is 0 Å². The predicted octanol–water partition coefficient (Wildman–Crippen LogP) is 1.14. The summed E-state index contributed by atoms with van der Waals surface area (Å²) in [7, 11) is -3.91. The molecule has 0 fully saturated rings. The minimum atomic E-state index is -3.91.